The van der Waals surface area contributed by atoms with Crippen molar-refractivity contribution in [3.63, 3.8) is 0 Å². The summed E-state index contributed by atoms with van der Waals surface area (Å²) in [6, 6.07) is 3.84. The molecule has 2 N–H and O–H groups in total. The summed E-state index contributed by atoms with van der Waals surface area (Å²) in [5.74, 6) is 1.50. The van der Waals surface area contributed by atoms with Crippen LogP contribution in [0.3, 0.4) is 0 Å². The highest BCUT2D eigenvalue weighted by atomic mass is 35.5. The summed E-state index contributed by atoms with van der Waals surface area (Å²) in [6.45, 7) is 0.780. The molecule has 1 aromatic carbocycles. The molecule has 4 nitrogen and oxygen atoms in total. The van der Waals surface area contributed by atoms with Crippen molar-refractivity contribution in [3.8, 4) is 5.75 Å². The molecule has 1 aliphatic carbocycles. The number of benzene rings is 1. The van der Waals surface area contributed by atoms with Crippen LogP contribution in [0.5, 0.6) is 5.75 Å². The van der Waals surface area contributed by atoms with Gasteiger partial charge < -0.3 is 10.5 Å². The minimum atomic E-state index is 0. The van der Waals surface area contributed by atoms with Gasteiger partial charge in [0.1, 0.15) is 5.75 Å². The number of nitrogen functional groups attached to an aromatic ring is 1. The van der Waals surface area contributed by atoms with E-state index in [9.17, 15) is 0 Å². The summed E-state index contributed by atoms with van der Waals surface area (Å²) >= 11 is 0. The lowest BCUT2D eigenvalue weighted by Crippen LogP contribution is -2.01. The predicted octanol–water partition coefficient (Wildman–Crippen LogP) is 2.37. The molecule has 0 amide bonds. The standard InChI is InChI=1S/C12H15N3O.ClH/c1-15-6-9-4-10(13)12(5-11(9)14-15)16-7-8-2-3-8;/h4-6,8H,2-3,7,13H2,1H3;1H. The van der Waals surface area contributed by atoms with Gasteiger partial charge in [0.2, 0.25) is 0 Å². The SMILES string of the molecule is Cl.Cn1cc2cc(N)c(OCC3CC3)cc2n1. The molecule has 2 aromatic rings. The fraction of sp³-hybridized carbons (Fsp3) is 0.417. The van der Waals surface area contributed by atoms with Crippen molar-refractivity contribution >= 4 is 29.0 Å². The quantitative estimate of drug-likeness (QED) is 0.855. The van der Waals surface area contributed by atoms with Gasteiger partial charge in [0.15, 0.2) is 0 Å². The molecule has 5 heteroatoms. The molecule has 0 atom stereocenters. The van der Waals surface area contributed by atoms with Crippen LogP contribution in [0, 0.1) is 5.92 Å². The first-order valence-corrected chi connectivity index (χ1v) is 5.58. The number of hydrogen-bond acceptors (Lipinski definition) is 3. The molecule has 0 unspecified atom stereocenters. The second-order valence-corrected chi connectivity index (χ2v) is 4.51. The minimum Gasteiger partial charge on any atom is -0.491 e. The lowest BCUT2D eigenvalue weighted by molar-refractivity contribution is 0.301. The van der Waals surface area contributed by atoms with Crippen LogP contribution in [0.1, 0.15) is 12.8 Å². The van der Waals surface area contributed by atoms with Gasteiger partial charge in [0.25, 0.3) is 0 Å². The van der Waals surface area contributed by atoms with Crippen LogP contribution in [-0.2, 0) is 7.05 Å². The maximum Gasteiger partial charge on any atom is 0.144 e. The van der Waals surface area contributed by atoms with Gasteiger partial charge in [-0.25, -0.2) is 0 Å². The van der Waals surface area contributed by atoms with E-state index in [0.717, 1.165) is 29.2 Å². The van der Waals surface area contributed by atoms with Crippen LogP contribution in [0.2, 0.25) is 0 Å². The van der Waals surface area contributed by atoms with E-state index in [0.29, 0.717) is 5.69 Å². The van der Waals surface area contributed by atoms with Gasteiger partial charge in [-0.3, -0.25) is 4.68 Å². The third-order valence-corrected chi connectivity index (χ3v) is 2.92. The molecule has 0 bridgehead atoms. The number of halogens is 1. The lowest BCUT2D eigenvalue weighted by Gasteiger charge is -2.07. The smallest absolute Gasteiger partial charge is 0.144 e. The zero-order valence-electron chi connectivity index (χ0n) is 9.72. The number of anilines is 1. The molecule has 17 heavy (non-hydrogen) atoms. The van der Waals surface area contributed by atoms with Crippen molar-refractivity contribution in [3.05, 3.63) is 18.3 Å². The van der Waals surface area contributed by atoms with Crippen molar-refractivity contribution < 1.29 is 4.74 Å². The van der Waals surface area contributed by atoms with E-state index >= 15 is 0 Å². The van der Waals surface area contributed by atoms with E-state index in [2.05, 4.69) is 5.10 Å². The molecule has 1 saturated carbocycles. The molecule has 1 fully saturated rings. The number of fused-ring (bicyclic) bond motifs is 1. The fourth-order valence-electron chi connectivity index (χ4n) is 1.81. The van der Waals surface area contributed by atoms with Crippen molar-refractivity contribution in [2.75, 3.05) is 12.3 Å². The highest BCUT2D eigenvalue weighted by molar-refractivity contribution is 5.85. The molecule has 1 aliphatic rings. The molecule has 1 aromatic heterocycles. The monoisotopic (exact) mass is 253 g/mol. The topological polar surface area (TPSA) is 53.1 Å². The average molecular weight is 254 g/mol. The average Bonchev–Trinajstić information content (AvgIpc) is 2.98. The third kappa shape index (κ3) is 2.47. The van der Waals surface area contributed by atoms with Gasteiger partial charge >= 0.3 is 0 Å². The zero-order chi connectivity index (χ0) is 11.1. The van der Waals surface area contributed by atoms with E-state index in [4.69, 9.17) is 10.5 Å². The summed E-state index contributed by atoms with van der Waals surface area (Å²) in [6.07, 6.45) is 4.52. The lowest BCUT2D eigenvalue weighted by atomic mass is 10.2. The second kappa shape index (κ2) is 4.45. The van der Waals surface area contributed by atoms with Gasteiger partial charge in [0.05, 0.1) is 17.8 Å². The Hall–Kier alpha value is -1.42. The second-order valence-electron chi connectivity index (χ2n) is 4.51. The van der Waals surface area contributed by atoms with Crippen molar-refractivity contribution in [2.45, 2.75) is 12.8 Å². The molecular weight excluding hydrogens is 238 g/mol. The zero-order valence-corrected chi connectivity index (χ0v) is 10.5. The minimum absolute atomic E-state index is 0. The third-order valence-electron chi connectivity index (χ3n) is 2.92. The van der Waals surface area contributed by atoms with Gasteiger partial charge in [-0.05, 0) is 24.8 Å². The van der Waals surface area contributed by atoms with Crippen LogP contribution in [0.15, 0.2) is 18.3 Å². The molecule has 1 heterocycles. The maximum atomic E-state index is 5.94. The number of nitrogens with zero attached hydrogens (tertiary/aromatic N) is 2. The number of ether oxygens (including phenoxy) is 1. The van der Waals surface area contributed by atoms with Crippen molar-refractivity contribution in [2.24, 2.45) is 13.0 Å². The molecule has 0 spiro atoms. The highest BCUT2D eigenvalue weighted by Gasteiger charge is 2.22. The molecule has 0 radical (unpaired) electrons. The van der Waals surface area contributed by atoms with Gasteiger partial charge in [-0.1, -0.05) is 0 Å². The summed E-state index contributed by atoms with van der Waals surface area (Å²) in [7, 11) is 1.90. The fourth-order valence-corrected chi connectivity index (χ4v) is 1.81. The van der Waals surface area contributed by atoms with E-state index in [1.807, 2.05) is 25.4 Å². The number of aryl methyl sites for hydroxylation is 1. The van der Waals surface area contributed by atoms with Gasteiger partial charge in [0, 0.05) is 24.7 Å². The van der Waals surface area contributed by atoms with Gasteiger partial charge in [-0.2, -0.15) is 5.10 Å². The highest BCUT2D eigenvalue weighted by Crippen LogP contribution is 2.32. The summed E-state index contributed by atoms with van der Waals surface area (Å²) in [5.41, 5.74) is 7.57. The van der Waals surface area contributed by atoms with Crippen LogP contribution in [-0.4, -0.2) is 16.4 Å². The normalized spacial score (nSPS) is 14.6. The summed E-state index contributed by atoms with van der Waals surface area (Å²) in [5, 5.41) is 5.39. The van der Waals surface area contributed by atoms with Crippen LogP contribution < -0.4 is 10.5 Å². The number of rotatable bonds is 3. The van der Waals surface area contributed by atoms with Crippen LogP contribution in [0.25, 0.3) is 10.9 Å². The summed E-state index contributed by atoms with van der Waals surface area (Å²) < 4.78 is 7.49. The Balaban J connectivity index is 0.00000108. The summed E-state index contributed by atoms with van der Waals surface area (Å²) in [4.78, 5) is 0. The molecule has 0 aliphatic heterocycles. The Bertz CT molecular complexity index is 534. The van der Waals surface area contributed by atoms with Crippen molar-refractivity contribution in [1.82, 2.24) is 9.78 Å². The first-order valence-electron chi connectivity index (χ1n) is 5.58. The maximum absolute atomic E-state index is 5.94. The van der Waals surface area contributed by atoms with Gasteiger partial charge in [-0.15, -0.1) is 12.4 Å². The van der Waals surface area contributed by atoms with E-state index in [-0.39, 0.29) is 12.4 Å². The van der Waals surface area contributed by atoms with Crippen LogP contribution in [0.4, 0.5) is 5.69 Å². The first-order chi connectivity index (χ1) is 7.72. The van der Waals surface area contributed by atoms with Crippen LogP contribution >= 0.6 is 12.4 Å². The molecular formula is C12H16ClN3O. The van der Waals surface area contributed by atoms with E-state index in [1.165, 1.54) is 12.8 Å². The Labute approximate surface area is 106 Å². The van der Waals surface area contributed by atoms with E-state index in [1.54, 1.807) is 4.68 Å². The number of hydrogen-bond donors (Lipinski definition) is 1. The number of nitrogens with two attached hydrogens (primary N) is 1. The molecule has 3 rings (SSSR count). The Morgan fingerprint density at radius 2 is 2.24 bits per heavy atom. The Morgan fingerprint density at radius 3 is 2.94 bits per heavy atom. The molecule has 92 valence electrons. The predicted molar refractivity (Wildman–Crippen MR) is 70.6 cm³/mol. The van der Waals surface area contributed by atoms with Crippen molar-refractivity contribution in [1.29, 1.82) is 0 Å². The first kappa shape index (κ1) is 12.0. The van der Waals surface area contributed by atoms with E-state index < -0.39 is 0 Å². The number of aromatic nitrogens is 2. The largest absolute Gasteiger partial charge is 0.491 e. The Morgan fingerprint density at radius 1 is 1.47 bits per heavy atom. The molecule has 0 saturated heterocycles. The Kier molecular flexibility index (Phi) is 3.15.